The van der Waals surface area contributed by atoms with Crippen LogP contribution in [0, 0.1) is 11.8 Å². The van der Waals surface area contributed by atoms with Gasteiger partial charge in [0.15, 0.2) is 8.32 Å². The van der Waals surface area contributed by atoms with Crippen molar-refractivity contribution >= 4 is 8.32 Å². The SMILES string of the molecule is C=C[C@H](O)[C@@H](C)[C@@H](C=C)CO[Si](C)(C)C(C)(C)C. The van der Waals surface area contributed by atoms with Crippen LogP contribution < -0.4 is 0 Å². The van der Waals surface area contributed by atoms with Crippen LogP contribution >= 0.6 is 0 Å². The molecule has 3 atom stereocenters. The van der Waals surface area contributed by atoms with Crippen LogP contribution in [0.2, 0.25) is 18.1 Å². The van der Waals surface area contributed by atoms with Gasteiger partial charge in [-0.05, 0) is 24.1 Å². The minimum Gasteiger partial charge on any atom is -0.416 e. The van der Waals surface area contributed by atoms with Crippen LogP contribution in [-0.2, 0) is 4.43 Å². The summed E-state index contributed by atoms with van der Waals surface area (Å²) in [4.78, 5) is 0. The summed E-state index contributed by atoms with van der Waals surface area (Å²) in [5.74, 6) is 0.247. The number of hydrogen-bond donors (Lipinski definition) is 1. The predicted octanol–water partition coefficient (Wildman–Crippen LogP) is 3.99. The van der Waals surface area contributed by atoms with Crippen molar-refractivity contribution in [2.75, 3.05) is 6.61 Å². The quantitative estimate of drug-likeness (QED) is 0.560. The molecule has 0 aromatic rings. The Morgan fingerprint density at radius 2 is 1.72 bits per heavy atom. The Morgan fingerprint density at radius 1 is 1.22 bits per heavy atom. The zero-order valence-electron chi connectivity index (χ0n) is 12.9. The van der Waals surface area contributed by atoms with Gasteiger partial charge in [-0.1, -0.05) is 39.8 Å². The maximum absolute atomic E-state index is 9.81. The van der Waals surface area contributed by atoms with Crippen LogP contribution in [0.4, 0.5) is 0 Å². The van der Waals surface area contributed by atoms with Gasteiger partial charge in [0.05, 0.1) is 6.10 Å². The summed E-state index contributed by atoms with van der Waals surface area (Å²) in [6, 6.07) is 0. The lowest BCUT2D eigenvalue weighted by Crippen LogP contribution is -2.42. The molecule has 3 heteroatoms. The Kier molecular flexibility index (Phi) is 6.55. The maximum atomic E-state index is 9.81. The first-order chi connectivity index (χ1) is 8.06. The number of rotatable bonds is 7. The average Bonchev–Trinajstić information content (AvgIpc) is 2.26. The van der Waals surface area contributed by atoms with E-state index >= 15 is 0 Å². The van der Waals surface area contributed by atoms with Crippen molar-refractivity contribution in [3.05, 3.63) is 25.3 Å². The second-order valence-electron chi connectivity index (χ2n) is 6.56. The van der Waals surface area contributed by atoms with Gasteiger partial charge in [0.1, 0.15) is 0 Å². The van der Waals surface area contributed by atoms with E-state index in [0.29, 0.717) is 6.61 Å². The molecule has 0 bridgehead atoms. The fraction of sp³-hybridized carbons (Fsp3) is 0.733. The van der Waals surface area contributed by atoms with Crippen molar-refractivity contribution < 1.29 is 9.53 Å². The van der Waals surface area contributed by atoms with Gasteiger partial charge in [0.2, 0.25) is 0 Å². The first-order valence-electron chi connectivity index (χ1n) is 6.64. The van der Waals surface area contributed by atoms with Gasteiger partial charge in [-0.15, -0.1) is 13.2 Å². The van der Waals surface area contributed by atoms with E-state index in [-0.39, 0.29) is 16.9 Å². The average molecular weight is 270 g/mol. The van der Waals surface area contributed by atoms with Crippen LogP contribution in [-0.4, -0.2) is 26.1 Å². The zero-order valence-corrected chi connectivity index (χ0v) is 13.9. The van der Waals surface area contributed by atoms with E-state index in [1.165, 1.54) is 0 Å². The minimum absolute atomic E-state index is 0.0877. The van der Waals surface area contributed by atoms with Crippen molar-refractivity contribution in [3.63, 3.8) is 0 Å². The Morgan fingerprint density at radius 3 is 2.06 bits per heavy atom. The highest BCUT2D eigenvalue weighted by atomic mass is 28.4. The van der Waals surface area contributed by atoms with Gasteiger partial charge in [0, 0.05) is 12.5 Å². The molecule has 2 nitrogen and oxygen atoms in total. The molecule has 0 aromatic carbocycles. The molecule has 106 valence electrons. The largest absolute Gasteiger partial charge is 0.416 e. The smallest absolute Gasteiger partial charge is 0.192 e. The topological polar surface area (TPSA) is 29.5 Å². The maximum Gasteiger partial charge on any atom is 0.192 e. The lowest BCUT2D eigenvalue weighted by molar-refractivity contribution is 0.111. The molecule has 18 heavy (non-hydrogen) atoms. The summed E-state index contributed by atoms with van der Waals surface area (Å²) in [5, 5.41) is 10.0. The van der Waals surface area contributed by atoms with E-state index < -0.39 is 14.4 Å². The summed E-state index contributed by atoms with van der Waals surface area (Å²) in [6.45, 7) is 21.3. The molecule has 0 saturated heterocycles. The van der Waals surface area contributed by atoms with Crippen LogP contribution in [0.5, 0.6) is 0 Å². The molecule has 0 heterocycles. The van der Waals surface area contributed by atoms with Gasteiger partial charge in [-0.3, -0.25) is 0 Å². The number of aliphatic hydroxyl groups excluding tert-OH is 1. The molecule has 0 radical (unpaired) electrons. The minimum atomic E-state index is -1.73. The van der Waals surface area contributed by atoms with Crippen molar-refractivity contribution in [3.8, 4) is 0 Å². The summed E-state index contributed by atoms with van der Waals surface area (Å²) in [7, 11) is -1.73. The Balaban J connectivity index is 4.58. The van der Waals surface area contributed by atoms with Gasteiger partial charge in [-0.25, -0.2) is 0 Å². The number of aliphatic hydroxyl groups is 1. The molecule has 0 unspecified atom stereocenters. The molecule has 0 saturated carbocycles. The lowest BCUT2D eigenvalue weighted by Gasteiger charge is -2.38. The summed E-state index contributed by atoms with van der Waals surface area (Å²) in [6.07, 6.45) is 2.95. The summed E-state index contributed by atoms with van der Waals surface area (Å²) >= 11 is 0. The Hall–Kier alpha value is -0.383. The molecule has 0 aromatic heterocycles. The standard InChI is InChI=1S/C15H30O2Si/c1-9-13(12(3)14(16)10-2)11-17-18(7,8)15(4,5)6/h9-10,12-14,16H,1-2,11H2,3-8H3/t12-,13-,14-/m0/s1. The zero-order chi connectivity index (χ0) is 14.6. The third kappa shape index (κ3) is 4.71. The normalized spacial score (nSPS) is 17.9. The van der Waals surface area contributed by atoms with E-state index in [0.717, 1.165) is 0 Å². The molecular weight excluding hydrogens is 240 g/mol. The lowest BCUT2D eigenvalue weighted by atomic mass is 9.90. The second-order valence-corrected chi connectivity index (χ2v) is 11.4. The van der Waals surface area contributed by atoms with Crippen LogP contribution in [0.3, 0.4) is 0 Å². The van der Waals surface area contributed by atoms with Gasteiger partial charge >= 0.3 is 0 Å². The van der Waals surface area contributed by atoms with Crippen molar-refractivity contribution in [1.29, 1.82) is 0 Å². The van der Waals surface area contributed by atoms with Crippen molar-refractivity contribution in [2.24, 2.45) is 11.8 Å². The monoisotopic (exact) mass is 270 g/mol. The predicted molar refractivity (Wildman–Crippen MR) is 82.2 cm³/mol. The molecule has 0 aliphatic heterocycles. The van der Waals surface area contributed by atoms with E-state index in [4.69, 9.17) is 4.43 Å². The van der Waals surface area contributed by atoms with E-state index in [1.807, 2.05) is 13.0 Å². The first kappa shape index (κ1) is 17.6. The van der Waals surface area contributed by atoms with Crippen LogP contribution in [0.25, 0.3) is 0 Å². The molecule has 0 amide bonds. The third-order valence-corrected chi connectivity index (χ3v) is 8.70. The highest BCUT2D eigenvalue weighted by Crippen LogP contribution is 2.37. The van der Waals surface area contributed by atoms with Crippen LogP contribution in [0.1, 0.15) is 27.7 Å². The molecular formula is C15H30O2Si. The van der Waals surface area contributed by atoms with Crippen molar-refractivity contribution in [2.45, 2.75) is 51.9 Å². The van der Waals surface area contributed by atoms with Crippen LogP contribution in [0.15, 0.2) is 25.3 Å². The second kappa shape index (κ2) is 6.69. The van der Waals surface area contributed by atoms with E-state index in [9.17, 15) is 5.11 Å². The fourth-order valence-electron chi connectivity index (χ4n) is 1.42. The highest BCUT2D eigenvalue weighted by molar-refractivity contribution is 6.74. The Labute approximate surface area is 114 Å². The van der Waals surface area contributed by atoms with E-state index in [1.54, 1.807) is 6.08 Å². The summed E-state index contributed by atoms with van der Waals surface area (Å²) in [5.41, 5.74) is 0. The number of hydrogen-bond acceptors (Lipinski definition) is 2. The summed E-state index contributed by atoms with van der Waals surface area (Å²) < 4.78 is 6.18. The van der Waals surface area contributed by atoms with Gasteiger partial charge in [-0.2, -0.15) is 0 Å². The molecule has 1 N–H and O–H groups in total. The first-order valence-corrected chi connectivity index (χ1v) is 9.54. The molecule has 0 spiro atoms. The van der Waals surface area contributed by atoms with Crippen molar-refractivity contribution in [1.82, 2.24) is 0 Å². The van der Waals surface area contributed by atoms with E-state index in [2.05, 4.69) is 47.0 Å². The molecule has 0 rings (SSSR count). The van der Waals surface area contributed by atoms with Gasteiger partial charge < -0.3 is 9.53 Å². The molecule has 0 fully saturated rings. The highest BCUT2D eigenvalue weighted by Gasteiger charge is 2.37. The molecule has 0 aliphatic rings. The third-order valence-electron chi connectivity index (χ3n) is 4.20. The van der Waals surface area contributed by atoms with Gasteiger partial charge in [0.25, 0.3) is 0 Å². The Bertz CT molecular complexity index is 279. The fourth-order valence-corrected chi connectivity index (χ4v) is 2.47. The molecule has 0 aliphatic carbocycles.